The van der Waals surface area contributed by atoms with Crippen LogP contribution in [0.1, 0.15) is 47.9 Å². The fourth-order valence-corrected chi connectivity index (χ4v) is 9.74. The van der Waals surface area contributed by atoms with E-state index < -0.39 is 18.9 Å². The summed E-state index contributed by atoms with van der Waals surface area (Å²) in [6.45, 7) is 0. The largest absolute Gasteiger partial charge is 0.153 e. The molecule has 1 aliphatic carbocycles. The van der Waals surface area contributed by atoms with E-state index in [-0.39, 0.29) is 0 Å². The van der Waals surface area contributed by atoms with Crippen LogP contribution in [0.4, 0.5) is 0 Å². The standard InChI is InChI=1S/2C17H15.C5H8.2ClH.Zr/c2*1-2-6-14(7-3-1)10-11-16-13-12-15-8-4-5-9-17(15)16;1-2-4-5-3-1;;;/h2*1-9,12-13H,10-11H2;1-4H2;2*1H;/q2*-1;;;;+2/p-2. The second-order valence-corrected chi connectivity index (χ2v) is 19.6. The summed E-state index contributed by atoms with van der Waals surface area (Å²) in [5.41, 5.74) is 5.75. The molecule has 0 saturated heterocycles. The van der Waals surface area contributed by atoms with Crippen molar-refractivity contribution in [1.82, 2.24) is 0 Å². The van der Waals surface area contributed by atoms with Gasteiger partial charge in [0.05, 0.1) is 0 Å². The minimum Gasteiger partial charge on any atom is -0.153 e. The van der Waals surface area contributed by atoms with Gasteiger partial charge in [0.1, 0.15) is 0 Å². The van der Waals surface area contributed by atoms with E-state index in [9.17, 15) is 0 Å². The SMILES string of the molecule is [Cl][Zr]([Cl])=[C]1CCCC1.c1ccc(CCc2c[cH-]c3ccccc23)cc1.c1ccc(CCc2c[cH-]c3ccccc23)cc1. The van der Waals surface area contributed by atoms with Crippen LogP contribution in [-0.2, 0) is 44.6 Å². The molecule has 0 heterocycles. The second kappa shape index (κ2) is 16.3. The van der Waals surface area contributed by atoms with Crippen LogP contribution in [-0.4, -0.2) is 3.21 Å². The summed E-state index contributed by atoms with van der Waals surface area (Å²) in [5, 5.41) is 5.53. The van der Waals surface area contributed by atoms with Crippen molar-refractivity contribution in [2.75, 3.05) is 0 Å². The average Bonchev–Trinajstić information content (AvgIpc) is 3.82. The van der Waals surface area contributed by atoms with Crippen molar-refractivity contribution in [2.45, 2.75) is 51.4 Å². The Hall–Kier alpha value is -2.57. The van der Waals surface area contributed by atoms with Crippen LogP contribution in [0.2, 0.25) is 0 Å². The summed E-state index contributed by atoms with van der Waals surface area (Å²) < 4.78 is 1.52. The number of rotatable bonds is 6. The minimum absolute atomic E-state index is 1.12. The van der Waals surface area contributed by atoms with Gasteiger partial charge in [-0.05, 0) is 24.0 Å². The molecule has 1 aliphatic rings. The van der Waals surface area contributed by atoms with Gasteiger partial charge in [-0.15, -0.1) is 82.2 Å². The Labute approximate surface area is 265 Å². The zero-order valence-corrected chi connectivity index (χ0v) is 28.1. The maximum atomic E-state index is 5.81. The molecule has 6 aromatic carbocycles. The molecule has 42 heavy (non-hydrogen) atoms. The van der Waals surface area contributed by atoms with Gasteiger partial charge in [-0.2, -0.15) is 11.1 Å². The van der Waals surface area contributed by atoms with Crippen LogP contribution in [0.25, 0.3) is 21.5 Å². The van der Waals surface area contributed by atoms with E-state index in [1.54, 1.807) is 0 Å². The summed E-state index contributed by atoms with van der Waals surface area (Å²) in [7, 11) is 11.6. The average molecular weight is 669 g/mol. The molecule has 0 N–H and O–H groups in total. The van der Waals surface area contributed by atoms with Crippen LogP contribution in [0.15, 0.2) is 133 Å². The molecule has 6 aromatic rings. The molecule has 7 rings (SSSR count). The van der Waals surface area contributed by atoms with Gasteiger partial charge in [0.15, 0.2) is 0 Å². The first kappa shape index (κ1) is 30.9. The van der Waals surface area contributed by atoms with Gasteiger partial charge in [0, 0.05) is 0 Å². The quantitative estimate of drug-likeness (QED) is 0.155. The van der Waals surface area contributed by atoms with Crippen LogP contribution in [0, 0.1) is 0 Å². The Morgan fingerprint density at radius 3 is 1.31 bits per heavy atom. The zero-order chi connectivity index (χ0) is 29.0. The Balaban J connectivity index is 0.000000135. The number of fused-ring (bicyclic) bond motifs is 2. The summed E-state index contributed by atoms with van der Waals surface area (Å²) in [6.07, 6.45) is 9.62. The van der Waals surface area contributed by atoms with Crippen molar-refractivity contribution in [1.29, 1.82) is 0 Å². The molecule has 0 aromatic heterocycles. The van der Waals surface area contributed by atoms with E-state index in [1.807, 2.05) is 0 Å². The van der Waals surface area contributed by atoms with E-state index in [0.717, 1.165) is 25.7 Å². The van der Waals surface area contributed by atoms with Gasteiger partial charge in [0.2, 0.25) is 0 Å². The molecule has 3 heteroatoms. The van der Waals surface area contributed by atoms with E-state index >= 15 is 0 Å². The van der Waals surface area contributed by atoms with Crippen molar-refractivity contribution in [3.63, 3.8) is 0 Å². The number of benzene rings is 4. The monoisotopic (exact) mass is 666 g/mol. The maximum Gasteiger partial charge on any atom is -0.0326 e. The fraction of sp³-hybridized carbons (Fsp3) is 0.205. The molecule has 0 aliphatic heterocycles. The first-order valence-corrected chi connectivity index (χ1v) is 22.6. The van der Waals surface area contributed by atoms with Crippen molar-refractivity contribution in [3.05, 3.63) is 156 Å². The molecule has 0 bridgehead atoms. The smallest absolute Gasteiger partial charge is 0.0326 e. The maximum absolute atomic E-state index is 5.81. The first-order chi connectivity index (χ1) is 20.7. The molecule has 0 amide bonds. The Morgan fingerprint density at radius 2 is 0.905 bits per heavy atom. The fourth-order valence-electron chi connectivity index (χ4n) is 5.70. The van der Waals surface area contributed by atoms with Gasteiger partial charge < -0.3 is 0 Å². The van der Waals surface area contributed by atoms with E-state index in [2.05, 4.69) is 133 Å². The molecule has 0 radical (unpaired) electrons. The molecule has 0 atom stereocenters. The predicted octanol–water partition coefficient (Wildman–Crippen LogP) is 11.3. The first-order valence-electron chi connectivity index (χ1n) is 15.0. The third-order valence-electron chi connectivity index (χ3n) is 8.07. The summed E-state index contributed by atoms with van der Waals surface area (Å²) in [6, 6.07) is 47.6. The van der Waals surface area contributed by atoms with Crippen LogP contribution >= 0.6 is 17.0 Å². The number of aryl methyl sites for hydroxylation is 4. The predicted molar refractivity (Wildman–Crippen MR) is 182 cm³/mol. The minimum atomic E-state index is -1.85. The Bertz CT molecular complexity index is 1570. The Morgan fingerprint density at radius 1 is 0.500 bits per heavy atom. The topological polar surface area (TPSA) is 0 Å². The van der Waals surface area contributed by atoms with E-state index in [1.165, 1.54) is 72.7 Å². The third-order valence-corrected chi connectivity index (χ3v) is 13.8. The number of halogens is 2. The molecule has 214 valence electrons. The summed E-state index contributed by atoms with van der Waals surface area (Å²) >= 11 is -1.85. The van der Waals surface area contributed by atoms with E-state index in [0.29, 0.717) is 0 Å². The summed E-state index contributed by atoms with van der Waals surface area (Å²) in [4.78, 5) is 0. The molecular formula is C39H38Cl2Zr-2. The molecule has 0 unspecified atom stereocenters. The normalized spacial score (nSPS) is 12.5. The van der Waals surface area contributed by atoms with Gasteiger partial charge >= 0.3 is 64.8 Å². The van der Waals surface area contributed by atoms with Crippen LogP contribution in [0.5, 0.6) is 0 Å². The summed E-state index contributed by atoms with van der Waals surface area (Å²) in [5.74, 6) is 0. The van der Waals surface area contributed by atoms with Crippen molar-refractivity contribution >= 4 is 41.8 Å². The molecular weight excluding hydrogens is 631 g/mol. The molecule has 0 nitrogen and oxygen atoms in total. The Kier molecular flexibility index (Phi) is 12.0. The van der Waals surface area contributed by atoms with Crippen molar-refractivity contribution in [2.24, 2.45) is 0 Å². The number of hydrogen-bond acceptors (Lipinski definition) is 0. The van der Waals surface area contributed by atoms with Gasteiger partial charge in [-0.1, -0.05) is 85.6 Å². The second-order valence-electron chi connectivity index (χ2n) is 10.9. The molecule has 1 saturated carbocycles. The van der Waals surface area contributed by atoms with Gasteiger partial charge in [-0.3, -0.25) is 0 Å². The van der Waals surface area contributed by atoms with Crippen molar-refractivity contribution < 1.29 is 18.9 Å². The third kappa shape index (κ3) is 8.97. The zero-order valence-electron chi connectivity index (χ0n) is 24.1. The van der Waals surface area contributed by atoms with Crippen molar-refractivity contribution in [3.8, 4) is 0 Å². The number of hydrogen-bond donors (Lipinski definition) is 0. The van der Waals surface area contributed by atoms with E-state index in [4.69, 9.17) is 17.0 Å². The van der Waals surface area contributed by atoms with Crippen LogP contribution in [0.3, 0.4) is 0 Å². The molecule has 1 fully saturated rings. The van der Waals surface area contributed by atoms with Gasteiger partial charge in [0.25, 0.3) is 0 Å². The molecule has 0 spiro atoms. The van der Waals surface area contributed by atoms with Gasteiger partial charge in [-0.25, -0.2) is 0 Å². The van der Waals surface area contributed by atoms with Crippen LogP contribution < -0.4 is 0 Å².